The minimum Gasteiger partial charge on any atom is -0.389 e. The fourth-order valence-electron chi connectivity index (χ4n) is 3.85. The molecule has 3 aromatic rings. The van der Waals surface area contributed by atoms with Gasteiger partial charge < -0.3 is 10.4 Å². The number of β-amino-alcohol motifs (C(OH)–C–C–N with tert-alkyl or cyclic N) is 1. The number of piperidine rings is 1. The fourth-order valence-corrected chi connectivity index (χ4v) is 4.40. The summed E-state index contributed by atoms with van der Waals surface area (Å²) in [5, 5.41) is 18.3. The van der Waals surface area contributed by atoms with E-state index in [0.717, 1.165) is 29.3 Å². The van der Waals surface area contributed by atoms with E-state index in [9.17, 15) is 9.90 Å². The maximum absolute atomic E-state index is 13.0. The number of nitrogens with zero attached hydrogens (tertiary/aromatic N) is 4. The number of aliphatic hydroxyl groups excluding tert-OH is 1. The maximum Gasteiger partial charge on any atom is 0.265 e. The van der Waals surface area contributed by atoms with E-state index in [1.165, 1.54) is 0 Å². The molecule has 1 fully saturated rings. The minimum absolute atomic E-state index is 0.251. The third-order valence-electron chi connectivity index (χ3n) is 5.42. The van der Waals surface area contributed by atoms with Crippen LogP contribution in [0.3, 0.4) is 0 Å². The highest BCUT2D eigenvalue weighted by molar-refractivity contribution is 7.08. The Morgan fingerprint density at radius 2 is 2.07 bits per heavy atom. The van der Waals surface area contributed by atoms with Crippen molar-refractivity contribution in [2.75, 3.05) is 13.1 Å². The molecule has 150 valence electrons. The number of rotatable bonds is 5. The van der Waals surface area contributed by atoms with Crippen LogP contribution in [0.2, 0.25) is 0 Å². The van der Waals surface area contributed by atoms with Gasteiger partial charge in [-0.1, -0.05) is 40.9 Å². The minimum atomic E-state index is -0.866. The number of hydrogen-bond acceptors (Lipinski definition) is 7. The third kappa shape index (κ3) is 4.05. The molecule has 1 amide bonds. The second-order valence-corrected chi connectivity index (χ2v) is 8.06. The number of hydrogen-bond donors (Lipinski definition) is 2. The van der Waals surface area contributed by atoms with Crippen LogP contribution in [-0.4, -0.2) is 49.7 Å². The molecule has 1 aliphatic heterocycles. The van der Waals surface area contributed by atoms with E-state index in [1.807, 2.05) is 48.5 Å². The first-order valence-electron chi connectivity index (χ1n) is 9.56. The monoisotopic (exact) mass is 409 g/mol. The van der Waals surface area contributed by atoms with Crippen LogP contribution >= 0.6 is 11.5 Å². The van der Waals surface area contributed by atoms with Gasteiger partial charge in [-0.15, -0.1) is 5.10 Å². The maximum atomic E-state index is 13.0. The number of benzene rings is 1. The number of nitrogens with one attached hydrogen (secondary N) is 1. The summed E-state index contributed by atoms with van der Waals surface area (Å²) in [6, 6.07) is 15.5. The Morgan fingerprint density at radius 3 is 2.72 bits per heavy atom. The zero-order valence-electron chi connectivity index (χ0n) is 16.2. The first-order chi connectivity index (χ1) is 14.1. The van der Waals surface area contributed by atoms with Gasteiger partial charge in [0, 0.05) is 25.8 Å². The summed E-state index contributed by atoms with van der Waals surface area (Å²) < 4.78 is 3.86. The molecule has 0 unspecified atom stereocenters. The van der Waals surface area contributed by atoms with Gasteiger partial charge in [0.05, 0.1) is 23.0 Å². The van der Waals surface area contributed by atoms with Gasteiger partial charge in [-0.3, -0.25) is 14.7 Å². The van der Waals surface area contributed by atoms with Crippen LogP contribution in [0.25, 0.3) is 0 Å². The predicted molar refractivity (Wildman–Crippen MR) is 110 cm³/mol. The molecule has 3 heterocycles. The largest absolute Gasteiger partial charge is 0.389 e. The summed E-state index contributed by atoms with van der Waals surface area (Å²) in [4.78, 5) is 20.0. The summed E-state index contributed by atoms with van der Waals surface area (Å²) >= 11 is 1.07. The molecule has 1 aliphatic rings. The van der Waals surface area contributed by atoms with Crippen molar-refractivity contribution in [3.8, 4) is 0 Å². The number of aliphatic hydroxyl groups is 1. The van der Waals surface area contributed by atoms with Gasteiger partial charge in [0.1, 0.15) is 4.88 Å². The van der Waals surface area contributed by atoms with Crippen molar-refractivity contribution in [1.82, 2.24) is 24.8 Å². The van der Waals surface area contributed by atoms with Crippen molar-refractivity contribution in [2.24, 2.45) is 0 Å². The number of amides is 1. The first-order valence-corrected chi connectivity index (χ1v) is 10.3. The molecule has 4 rings (SSSR count). The Balaban J connectivity index is 1.58. The summed E-state index contributed by atoms with van der Waals surface area (Å²) in [6.07, 6.45) is 1.59. The van der Waals surface area contributed by atoms with E-state index in [4.69, 9.17) is 0 Å². The van der Waals surface area contributed by atoms with Crippen molar-refractivity contribution in [2.45, 2.75) is 31.5 Å². The van der Waals surface area contributed by atoms with E-state index < -0.39 is 11.6 Å². The van der Waals surface area contributed by atoms with E-state index in [-0.39, 0.29) is 5.91 Å². The number of pyridine rings is 1. The van der Waals surface area contributed by atoms with Crippen molar-refractivity contribution in [3.63, 3.8) is 0 Å². The molecule has 0 aliphatic carbocycles. The van der Waals surface area contributed by atoms with E-state index in [1.54, 1.807) is 13.1 Å². The third-order valence-corrected chi connectivity index (χ3v) is 6.24. The lowest BCUT2D eigenvalue weighted by Gasteiger charge is -2.46. The molecule has 0 bridgehead atoms. The first kappa shape index (κ1) is 19.6. The molecule has 8 heteroatoms. The Kier molecular flexibility index (Phi) is 5.66. The lowest BCUT2D eigenvalue weighted by molar-refractivity contribution is -0.0183. The van der Waals surface area contributed by atoms with Crippen molar-refractivity contribution in [1.29, 1.82) is 0 Å². The zero-order valence-corrected chi connectivity index (χ0v) is 17.0. The van der Waals surface area contributed by atoms with Crippen molar-refractivity contribution < 1.29 is 9.90 Å². The molecule has 1 saturated heterocycles. The van der Waals surface area contributed by atoms with Crippen LogP contribution in [0.4, 0.5) is 0 Å². The van der Waals surface area contributed by atoms with Crippen LogP contribution in [0, 0.1) is 6.92 Å². The highest BCUT2D eigenvalue weighted by atomic mass is 32.1. The predicted octanol–water partition coefficient (Wildman–Crippen LogP) is 2.13. The molecule has 7 nitrogen and oxygen atoms in total. The topological polar surface area (TPSA) is 91.2 Å². The molecule has 2 aromatic heterocycles. The normalized spacial score (nSPS) is 22.3. The number of likely N-dealkylation sites (tertiary alicyclic amines) is 1. The Bertz CT molecular complexity index is 965. The quantitative estimate of drug-likeness (QED) is 0.671. The molecule has 2 atom stereocenters. The SMILES string of the molecule is Cc1nnsc1C(=O)N[C@]1(c2ccccc2)CCN(Cc2ccccn2)C[C@H]1O. The standard InChI is InChI=1S/C21H23N5O2S/c1-15-19(29-25-24-15)20(28)23-21(16-7-3-2-4-8-16)10-12-26(14-18(21)27)13-17-9-5-6-11-22-17/h2-9,11,18,27H,10,12-14H2,1H3,(H,23,28)/t18-,21+/m1/s1. The molecule has 0 spiro atoms. The molecule has 29 heavy (non-hydrogen) atoms. The average Bonchev–Trinajstić information content (AvgIpc) is 3.18. The molecule has 0 radical (unpaired) electrons. The van der Waals surface area contributed by atoms with Crippen molar-refractivity contribution in [3.05, 3.63) is 76.6 Å². The Hall–Kier alpha value is -2.68. The molecular weight excluding hydrogens is 386 g/mol. The summed E-state index contributed by atoms with van der Waals surface area (Å²) in [6.45, 7) is 3.59. The van der Waals surface area contributed by atoms with Crippen LogP contribution in [0.1, 0.15) is 33.0 Å². The fraction of sp³-hybridized carbons (Fsp3) is 0.333. The van der Waals surface area contributed by atoms with Gasteiger partial charge in [-0.05, 0) is 42.6 Å². The van der Waals surface area contributed by atoms with Gasteiger partial charge >= 0.3 is 0 Å². The van der Waals surface area contributed by atoms with E-state index >= 15 is 0 Å². The van der Waals surface area contributed by atoms with Crippen LogP contribution in [-0.2, 0) is 12.1 Å². The summed E-state index contributed by atoms with van der Waals surface area (Å²) in [5.74, 6) is -0.251. The number of aromatic nitrogens is 3. The second-order valence-electron chi connectivity index (χ2n) is 7.30. The van der Waals surface area contributed by atoms with Gasteiger partial charge in [0.15, 0.2) is 0 Å². The number of carbonyl (C=O) groups excluding carboxylic acids is 1. The highest BCUT2D eigenvalue weighted by Gasteiger charge is 2.45. The van der Waals surface area contributed by atoms with Crippen molar-refractivity contribution >= 4 is 17.4 Å². The van der Waals surface area contributed by atoms with Gasteiger partial charge in [-0.2, -0.15) is 0 Å². The Morgan fingerprint density at radius 1 is 1.28 bits per heavy atom. The van der Waals surface area contributed by atoms with Crippen LogP contribution in [0.15, 0.2) is 54.7 Å². The summed E-state index contributed by atoms with van der Waals surface area (Å²) in [5.41, 5.74) is 1.59. The van der Waals surface area contributed by atoms with Gasteiger partial charge in [0.25, 0.3) is 5.91 Å². The van der Waals surface area contributed by atoms with E-state index in [0.29, 0.717) is 30.1 Å². The smallest absolute Gasteiger partial charge is 0.265 e. The molecular formula is C21H23N5O2S. The molecule has 0 saturated carbocycles. The average molecular weight is 410 g/mol. The van der Waals surface area contributed by atoms with Crippen LogP contribution < -0.4 is 5.32 Å². The lowest BCUT2D eigenvalue weighted by atomic mass is 9.78. The summed E-state index contributed by atoms with van der Waals surface area (Å²) in [7, 11) is 0. The molecule has 2 N–H and O–H groups in total. The highest BCUT2D eigenvalue weighted by Crippen LogP contribution is 2.34. The molecule has 1 aromatic carbocycles. The Labute approximate surface area is 173 Å². The van der Waals surface area contributed by atoms with Gasteiger partial charge in [-0.25, -0.2) is 0 Å². The zero-order chi connectivity index (χ0) is 20.3. The number of carbonyl (C=O) groups is 1. The number of aryl methyl sites for hydroxylation is 1. The lowest BCUT2D eigenvalue weighted by Crippen LogP contribution is -2.61. The van der Waals surface area contributed by atoms with Crippen LogP contribution in [0.5, 0.6) is 0 Å². The van der Waals surface area contributed by atoms with Gasteiger partial charge in [0.2, 0.25) is 0 Å². The second kappa shape index (κ2) is 8.36. The van der Waals surface area contributed by atoms with E-state index in [2.05, 4.69) is 24.8 Å².